The number of hydrogen-bond acceptors (Lipinski definition) is 4. The molecule has 0 atom stereocenters. The summed E-state index contributed by atoms with van der Waals surface area (Å²) in [5.74, 6) is 0. The van der Waals surface area contributed by atoms with Crippen LogP contribution in [0, 0.1) is 0 Å². The van der Waals surface area contributed by atoms with Crippen LogP contribution in [0.15, 0.2) is 29.2 Å². The van der Waals surface area contributed by atoms with E-state index in [0.29, 0.717) is 0 Å². The molecule has 1 rings (SSSR count). The van der Waals surface area contributed by atoms with Gasteiger partial charge in [-0.15, -0.1) is 11.8 Å². The van der Waals surface area contributed by atoms with Gasteiger partial charge in [0.05, 0.1) is 6.61 Å². The van der Waals surface area contributed by atoms with Gasteiger partial charge in [-0.3, -0.25) is 0 Å². The third-order valence-corrected chi connectivity index (χ3v) is 3.10. The lowest BCUT2D eigenvalue weighted by Gasteiger charge is -2.10. The molecule has 0 heterocycles. The largest absolute Gasteiger partial charge is 0.385 e. The molecule has 0 bridgehead atoms. The van der Waals surface area contributed by atoms with E-state index in [0.717, 1.165) is 32.8 Å². The number of hydrogen-bond donors (Lipinski definition) is 1. The van der Waals surface area contributed by atoms with Crippen LogP contribution >= 0.6 is 11.8 Å². The van der Waals surface area contributed by atoms with Crippen LogP contribution in [0.25, 0.3) is 0 Å². The highest BCUT2D eigenvalue weighted by atomic mass is 32.2. The molecule has 0 spiro atoms. The first-order chi connectivity index (χ1) is 8.38. The Balaban J connectivity index is 2.13. The monoisotopic (exact) mass is 255 g/mol. The van der Waals surface area contributed by atoms with Crippen molar-refractivity contribution in [1.82, 2.24) is 0 Å². The summed E-state index contributed by atoms with van der Waals surface area (Å²) in [5.41, 5.74) is 1.18. The molecule has 0 radical (unpaired) electrons. The number of benzene rings is 1. The Kier molecular flexibility index (Phi) is 7.88. The zero-order chi connectivity index (χ0) is 12.3. The number of methoxy groups -OCH3 is 1. The van der Waals surface area contributed by atoms with Crippen molar-refractivity contribution in [2.45, 2.75) is 11.3 Å². The van der Waals surface area contributed by atoms with Crippen molar-refractivity contribution in [3.05, 3.63) is 24.3 Å². The molecule has 0 saturated heterocycles. The lowest BCUT2D eigenvalue weighted by Crippen LogP contribution is -2.11. The van der Waals surface area contributed by atoms with Crippen molar-refractivity contribution >= 4 is 17.4 Å². The molecule has 0 aliphatic carbocycles. The Morgan fingerprint density at radius 2 is 2.00 bits per heavy atom. The van der Waals surface area contributed by atoms with Gasteiger partial charge in [0.1, 0.15) is 0 Å². The smallest absolute Gasteiger partial charge is 0.0639 e. The zero-order valence-electron chi connectivity index (χ0n) is 10.6. The molecular weight excluding hydrogens is 234 g/mol. The minimum atomic E-state index is 0.729. The molecule has 3 nitrogen and oxygen atoms in total. The van der Waals surface area contributed by atoms with E-state index in [9.17, 15) is 0 Å². The highest BCUT2D eigenvalue weighted by Gasteiger charge is 1.98. The van der Waals surface area contributed by atoms with Gasteiger partial charge in [0.15, 0.2) is 0 Å². The fraction of sp³-hybridized carbons (Fsp3) is 0.538. The van der Waals surface area contributed by atoms with E-state index in [1.54, 1.807) is 18.9 Å². The van der Waals surface area contributed by atoms with E-state index in [4.69, 9.17) is 9.47 Å². The lowest BCUT2D eigenvalue weighted by atomic mass is 10.3. The van der Waals surface area contributed by atoms with Gasteiger partial charge < -0.3 is 14.8 Å². The number of rotatable bonds is 9. The second-order valence-electron chi connectivity index (χ2n) is 3.59. The summed E-state index contributed by atoms with van der Waals surface area (Å²) >= 11 is 1.75. The van der Waals surface area contributed by atoms with Crippen LogP contribution in [0.2, 0.25) is 0 Å². The average Bonchev–Trinajstić information content (AvgIpc) is 2.38. The first kappa shape index (κ1) is 14.4. The topological polar surface area (TPSA) is 30.5 Å². The Morgan fingerprint density at radius 3 is 2.76 bits per heavy atom. The molecule has 4 heteroatoms. The van der Waals surface area contributed by atoms with E-state index < -0.39 is 0 Å². The van der Waals surface area contributed by atoms with Crippen molar-refractivity contribution in [2.24, 2.45) is 0 Å². The maximum atomic E-state index is 5.48. The molecule has 0 amide bonds. The third-order valence-electron chi connectivity index (χ3n) is 2.31. The van der Waals surface area contributed by atoms with Crippen LogP contribution in [0.4, 0.5) is 5.69 Å². The van der Waals surface area contributed by atoms with E-state index >= 15 is 0 Å². The molecule has 1 aromatic carbocycles. The van der Waals surface area contributed by atoms with Gasteiger partial charge in [0, 0.05) is 37.5 Å². The van der Waals surface area contributed by atoms with E-state index in [2.05, 4.69) is 29.8 Å². The second-order valence-corrected chi connectivity index (χ2v) is 4.43. The van der Waals surface area contributed by atoms with E-state index in [-0.39, 0.29) is 0 Å². The van der Waals surface area contributed by atoms with Gasteiger partial charge in [-0.05, 0) is 24.8 Å². The number of thioether (sulfide) groups is 1. The summed E-state index contributed by atoms with van der Waals surface area (Å²) in [7, 11) is 1.71. The normalized spacial score (nSPS) is 10.5. The fourth-order valence-electron chi connectivity index (χ4n) is 1.46. The van der Waals surface area contributed by atoms with Crippen molar-refractivity contribution in [2.75, 3.05) is 45.0 Å². The predicted octanol–water partition coefficient (Wildman–Crippen LogP) is 2.87. The minimum Gasteiger partial charge on any atom is -0.385 e. The molecule has 0 saturated carbocycles. The Hall–Kier alpha value is -0.710. The molecule has 0 unspecified atom stereocenters. The quantitative estimate of drug-likeness (QED) is 0.543. The SMILES string of the molecule is COCCCOCCNc1ccccc1SC. The molecule has 0 aromatic heterocycles. The second kappa shape index (κ2) is 9.33. The summed E-state index contributed by atoms with van der Waals surface area (Å²) in [6.45, 7) is 3.10. The van der Waals surface area contributed by atoms with Gasteiger partial charge in [-0.2, -0.15) is 0 Å². The van der Waals surface area contributed by atoms with Crippen molar-refractivity contribution < 1.29 is 9.47 Å². The molecule has 0 aliphatic rings. The number of nitrogens with one attached hydrogen (secondary N) is 1. The first-order valence-electron chi connectivity index (χ1n) is 5.82. The first-order valence-corrected chi connectivity index (χ1v) is 7.04. The van der Waals surface area contributed by atoms with Crippen LogP contribution in [0.5, 0.6) is 0 Å². The third kappa shape index (κ3) is 5.96. The molecular formula is C13H21NO2S. The van der Waals surface area contributed by atoms with Gasteiger partial charge in [-0.25, -0.2) is 0 Å². The van der Waals surface area contributed by atoms with Crippen LogP contribution < -0.4 is 5.32 Å². The summed E-state index contributed by atoms with van der Waals surface area (Å²) in [6, 6.07) is 8.31. The maximum absolute atomic E-state index is 5.48. The fourth-order valence-corrected chi connectivity index (χ4v) is 2.03. The van der Waals surface area contributed by atoms with Gasteiger partial charge >= 0.3 is 0 Å². The zero-order valence-corrected chi connectivity index (χ0v) is 11.4. The van der Waals surface area contributed by atoms with Crippen LogP contribution in [0.3, 0.4) is 0 Å². The summed E-state index contributed by atoms with van der Waals surface area (Å²) in [6.07, 6.45) is 3.04. The Bertz CT molecular complexity index is 307. The highest BCUT2D eigenvalue weighted by Crippen LogP contribution is 2.24. The number of ether oxygens (including phenoxy) is 2. The van der Waals surface area contributed by atoms with E-state index in [1.165, 1.54) is 10.6 Å². The highest BCUT2D eigenvalue weighted by molar-refractivity contribution is 7.98. The summed E-state index contributed by atoms with van der Waals surface area (Å²) < 4.78 is 10.4. The minimum absolute atomic E-state index is 0.729. The van der Waals surface area contributed by atoms with Crippen LogP contribution in [-0.2, 0) is 9.47 Å². The molecule has 96 valence electrons. The Labute approximate surface area is 108 Å². The summed E-state index contributed by atoms with van der Waals surface area (Å²) in [4.78, 5) is 1.27. The maximum Gasteiger partial charge on any atom is 0.0639 e. The molecule has 1 N–H and O–H groups in total. The van der Waals surface area contributed by atoms with Crippen molar-refractivity contribution in [1.29, 1.82) is 0 Å². The molecule has 0 fully saturated rings. The average molecular weight is 255 g/mol. The van der Waals surface area contributed by atoms with Crippen molar-refractivity contribution in [3.8, 4) is 0 Å². The van der Waals surface area contributed by atoms with Crippen LogP contribution in [-0.4, -0.2) is 39.7 Å². The molecule has 1 aromatic rings. The summed E-state index contributed by atoms with van der Waals surface area (Å²) in [5, 5.41) is 3.38. The van der Waals surface area contributed by atoms with Crippen molar-refractivity contribution in [3.63, 3.8) is 0 Å². The number of para-hydroxylation sites is 1. The lowest BCUT2D eigenvalue weighted by molar-refractivity contribution is 0.109. The van der Waals surface area contributed by atoms with Crippen LogP contribution in [0.1, 0.15) is 6.42 Å². The van der Waals surface area contributed by atoms with Gasteiger partial charge in [0.2, 0.25) is 0 Å². The Morgan fingerprint density at radius 1 is 1.18 bits per heavy atom. The number of anilines is 1. The van der Waals surface area contributed by atoms with Gasteiger partial charge in [-0.1, -0.05) is 12.1 Å². The van der Waals surface area contributed by atoms with Gasteiger partial charge in [0.25, 0.3) is 0 Å². The molecule has 17 heavy (non-hydrogen) atoms. The standard InChI is InChI=1S/C13H21NO2S/c1-15-9-5-10-16-11-8-14-12-6-3-4-7-13(12)17-2/h3-4,6-7,14H,5,8-11H2,1-2H3. The van der Waals surface area contributed by atoms with E-state index in [1.807, 2.05) is 6.07 Å². The molecule has 0 aliphatic heterocycles. The predicted molar refractivity (Wildman–Crippen MR) is 74.0 cm³/mol.